The minimum atomic E-state index is -3.81. The average Bonchev–Trinajstić information content (AvgIpc) is 3.80. The summed E-state index contributed by atoms with van der Waals surface area (Å²) in [5.41, 5.74) is -2.23. The number of amides is 3. The van der Waals surface area contributed by atoms with Gasteiger partial charge in [-0.05, 0) is 57.9 Å². The molecule has 40 heavy (non-hydrogen) atoms. The SMILES string of the molecule is C=CC1CC1(NC(=O)C1CC(Nc2nccc3ccccc23)CN1C(=O)OC(C)(C)C)C(=O)NS(=O)(=O)C1CC1. The van der Waals surface area contributed by atoms with Gasteiger partial charge in [0.05, 0.1) is 5.25 Å². The number of rotatable bonds is 8. The van der Waals surface area contributed by atoms with E-state index in [1.165, 1.54) is 11.0 Å². The first-order valence-corrected chi connectivity index (χ1v) is 15.0. The van der Waals surface area contributed by atoms with Crippen LogP contribution in [-0.4, -0.2) is 71.2 Å². The molecule has 3 aliphatic rings. The molecule has 214 valence electrons. The standard InChI is InChI=1S/C28H35N5O6S/c1-5-18-15-28(18,25(35)32-40(37,38)20-10-11-20)31-24(34)22-14-19(16-33(22)26(36)39-27(2,3)4)30-23-21-9-7-6-8-17(21)12-13-29-23/h5-9,12-13,18-20,22H,1,10-11,14-16H2,2-4H3,(H,29,30)(H,31,34)(H,32,35). The molecular formula is C28H35N5O6S. The number of fused-ring (bicyclic) bond motifs is 1. The number of likely N-dealkylation sites (tertiary alicyclic amines) is 1. The van der Waals surface area contributed by atoms with E-state index >= 15 is 0 Å². The average molecular weight is 570 g/mol. The van der Waals surface area contributed by atoms with Crippen molar-refractivity contribution in [3.63, 3.8) is 0 Å². The first-order valence-electron chi connectivity index (χ1n) is 13.4. The van der Waals surface area contributed by atoms with Gasteiger partial charge in [0.15, 0.2) is 0 Å². The highest BCUT2D eigenvalue weighted by atomic mass is 32.2. The Bertz CT molecular complexity index is 1460. The summed E-state index contributed by atoms with van der Waals surface area (Å²) in [7, 11) is -3.81. The molecular weight excluding hydrogens is 534 g/mol. The normalized spacial score (nSPS) is 26.2. The summed E-state index contributed by atoms with van der Waals surface area (Å²) < 4.78 is 32.6. The molecule has 11 nitrogen and oxygen atoms in total. The molecule has 2 heterocycles. The Morgan fingerprint density at radius 1 is 1.18 bits per heavy atom. The maximum atomic E-state index is 13.7. The fourth-order valence-corrected chi connectivity index (χ4v) is 6.52. The third-order valence-corrected chi connectivity index (χ3v) is 9.31. The Morgan fingerprint density at radius 2 is 1.90 bits per heavy atom. The molecule has 3 fully saturated rings. The zero-order valence-corrected chi connectivity index (χ0v) is 23.7. The molecule has 0 spiro atoms. The summed E-state index contributed by atoms with van der Waals surface area (Å²) in [5.74, 6) is -1.15. The van der Waals surface area contributed by atoms with Crippen LogP contribution in [0.3, 0.4) is 0 Å². The number of anilines is 1. The van der Waals surface area contributed by atoms with Crippen molar-refractivity contribution < 1.29 is 27.5 Å². The molecule has 12 heteroatoms. The number of ether oxygens (including phenoxy) is 1. The third kappa shape index (κ3) is 5.63. The second kappa shape index (κ2) is 10.1. The van der Waals surface area contributed by atoms with Crippen molar-refractivity contribution in [2.75, 3.05) is 11.9 Å². The van der Waals surface area contributed by atoms with Crippen molar-refractivity contribution in [1.29, 1.82) is 0 Å². The van der Waals surface area contributed by atoms with Gasteiger partial charge in [0.2, 0.25) is 15.9 Å². The Kier molecular flexibility index (Phi) is 7.01. The lowest BCUT2D eigenvalue weighted by Gasteiger charge is -2.29. The summed E-state index contributed by atoms with van der Waals surface area (Å²) in [6.07, 6.45) is 4.01. The van der Waals surface area contributed by atoms with Gasteiger partial charge >= 0.3 is 6.09 Å². The molecule has 1 saturated heterocycles. The van der Waals surface area contributed by atoms with E-state index in [2.05, 4.69) is 26.9 Å². The van der Waals surface area contributed by atoms with Crippen LogP contribution in [0.2, 0.25) is 0 Å². The van der Waals surface area contributed by atoms with Gasteiger partial charge in [-0.25, -0.2) is 18.2 Å². The fourth-order valence-electron chi connectivity index (χ4n) is 5.16. The second-order valence-electron chi connectivity index (χ2n) is 11.8. The topological polar surface area (TPSA) is 147 Å². The van der Waals surface area contributed by atoms with Gasteiger partial charge in [0.1, 0.15) is 23.0 Å². The molecule has 1 aliphatic heterocycles. The van der Waals surface area contributed by atoms with Gasteiger partial charge < -0.3 is 15.4 Å². The van der Waals surface area contributed by atoms with Crippen molar-refractivity contribution >= 4 is 44.5 Å². The van der Waals surface area contributed by atoms with Crippen LogP contribution in [0.4, 0.5) is 10.6 Å². The number of carbonyl (C=O) groups excluding carboxylic acids is 3. The van der Waals surface area contributed by atoms with E-state index in [0.29, 0.717) is 18.7 Å². The Balaban J connectivity index is 1.37. The highest BCUT2D eigenvalue weighted by Gasteiger charge is 2.62. The zero-order valence-electron chi connectivity index (χ0n) is 22.8. The molecule has 3 amide bonds. The first kappa shape index (κ1) is 27.9. The Labute approximate surface area is 233 Å². The minimum absolute atomic E-state index is 0.165. The number of benzene rings is 1. The van der Waals surface area contributed by atoms with Crippen LogP contribution >= 0.6 is 0 Å². The highest BCUT2D eigenvalue weighted by Crippen LogP contribution is 2.45. The predicted octanol–water partition coefficient (Wildman–Crippen LogP) is 2.69. The van der Waals surface area contributed by atoms with E-state index in [0.717, 1.165) is 10.8 Å². The lowest BCUT2D eigenvalue weighted by molar-refractivity contribution is -0.131. The van der Waals surface area contributed by atoms with Crippen molar-refractivity contribution in [2.24, 2.45) is 5.92 Å². The van der Waals surface area contributed by atoms with Crippen molar-refractivity contribution in [3.8, 4) is 0 Å². The van der Waals surface area contributed by atoms with Gasteiger partial charge in [0.25, 0.3) is 5.91 Å². The summed E-state index contributed by atoms with van der Waals surface area (Å²) >= 11 is 0. The molecule has 1 aromatic carbocycles. The van der Waals surface area contributed by atoms with Crippen molar-refractivity contribution in [1.82, 2.24) is 19.9 Å². The number of pyridine rings is 1. The van der Waals surface area contributed by atoms with Crippen LogP contribution in [0.5, 0.6) is 0 Å². The van der Waals surface area contributed by atoms with Gasteiger partial charge in [-0.2, -0.15) is 0 Å². The van der Waals surface area contributed by atoms with E-state index < -0.39 is 56.3 Å². The van der Waals surface area contributed by atoms with Crippen LogP contribution in [0.25, 0.3) is 10.8 Å². The number of nitrogens with one attached hydrogen (secondary N) is 3. The maximum Gasteiger partial charge on any atom is 0.411 e. The van der Waals surface area contributed by atoms with Crippen LogP contribution in [0, 0.1) is 5.92 Å². The summed E-state index contributed by atoms with van der Waals surface area (Å²) in [5, 5.41) is 7.46. The number of hydrogen-bond acceptors (Lipinski definition) is 8. The number of aromatic nitrogens is 1. The largest absolute Gasteiger partial charge is 0.444 e. The van der Waals surface area contributed by atoms with Gasteiger partial charge in [-0.1, -0.05) is 30.3 Å². The van der Waals surface area contributed by atoms with E-state index in [1.54, 1.807) is 27.0 Å². The van der Waals surface area contributed by atoms with Crippen molar-refractivity contribution in [3.05, 3.63) is 49.2 Å². The van der Waals surface area contributed by atoms with Crippen LogP contribution < -0.4 is 15.4 Å². The molecule has 4 unspecified atom stereocenters. The number of sulfonamides is 1. The van der Waals surface area contributed by atoms with Crippen LogP contribution in [-0.2, 0) is 24.3 Å². The smallest absolute Gasteiger partial charge is 0.411 e. The highest BCUT2D eigenvalue weighted by molar-refractivity contribution is 7.91. The zero-order chi connectivity index (χ0) is 28.9. The predicted molar refractivity (Wildman–Crippen MR) is 150 cm³/mol. The van der Waals surface area contributed by atoms with E-state index in [9.17, 15) is 22.8 Å². The molecule has 2 aromatic rings. The molecule has 0 radical (unpaired) electrons. The van der Waals surface area contributed by atoms with E-state index in [4.69, 9.17) is 4.74 Å². The molecule has 0 bridgehead atoms. The first-order chi connectivity index (χ1) is 18.8. The van der Waals surface area contributed by atoms with Crippen LogP contribution in [0.1, 0.15) is 46.5 Å². The molecule has 3 N–H and O–H groups in total. The number of carbonyl (C=O) groups is 3. The van der Waals surface area contributed by atoms with Gasteiger partial charge in [0, 0.05) is 30.1 Å². The Morgan fingerprint density at radius 3 is 2.55 bits per heavy atom. The fraction of sp³-hybridized carbons (Fsp3) is 0.500. The van der Waals surface area contributed by atoms with E-state index in [1.807, 2.05) is 30.3 Å². The molecule has 2 saturated carbocycles. The van der Waals surface area contributed by atoms with Crippen LogP contribution in [0.15, 0.2) is 49.2 Å². The molecule has 2 aliphatic carbocycles. The molecule has 1 aromatic heterocycles. The van der Waals surface area contributed by atoms with Gasteiger partial charge in [-0.3, -0.25) is 19.2 Å². The number of nitrogens with zero attached hydrogens (tertiary/aromatic N) is 2. The maximum absolute atomic E-state index is 13.7. The summed E-state index contributed by atoms with van der Waals surface area (Å²) in [6, 6.07) is 8.36. The monoisotopic (exact) mass is 569 g/mol. The lowest BCUT2D eigenvalue weighted by atomic mass is 10.1. The quantitative estimate of drug-likeness (QED) is 0.411. The van der Waals surface area contributed by atoms with E-state index in [-0.39, 0.29) is 25.4 Å². The molecule has 4 atom stereocenters. The van der Waals surface area contributed by atoms with Gasteiger partial charge in [-0.15, -0.1) is 6.58 Å². The second-order valence-corrected chi connectivity index (χ2v) is 13.7. The Hall–Kier alpha value is -3.67. The minimum Gasteiger partial charge on any atom is -0.444 e. The summed E-state index contributed by atoms with van der Waals surface area (Å²) in [4.78, 5) is 45.9. The molecule has 5 rings (SSSR count). The summed E-state index contributed by atoms with van der Waals surface area (Å²) in [6.45, 7) is 9.12. The lowest BCUT2D eigenvalue weighted by Crippen LogP contribution is -2.56. The van der Waals surface area contributed by atoms with Crippen molar-refractivity contribution in [2.45, 2.75) is 74.9 Å². The third-order valence-electron chi connectivity index (χ3n) is 7.50. The number of hydrogen-bond donors (Lipinski definition) is 3.